The molecular formula is C18H16F2N2O4. The third kappa shape index (κ3) is 5.90. The third-order valence-electron chi connectivity index (χ3n) is 2.88. The lowest BCUT2D eigenvalue weighted by molar-refractivity contribution is -0.115. The van der Waals surface area contributed by atoms with Crippen LogP contribution in [0.1, 0.15) is 13.8 Å². The first-order valence-corrected chi connectivity index (χ1v) is 7.50. The first-order chi connectivity index (χ1) is 12.3. The molecule has 2 aromatic carbocycles. The smallest absolute Gasteiger partial charge is 0.352 e. The largest absolute Gasteiger partial charge is 0.427 e. The Morgan fingerprint density at radius 3 is 1.50 bits per heavy atom. The zero-order valence-corrected chi connectivity index (χ0v) is 14.0. The number of nitrogens with one attached hydrogen (secondary N) is 2. The summed E-state index contributed by atoms with van der Waals surface area (Å²) in [5, 5.41) is 4.98. The summed E-state index contributed by atoms with van der Waals surface area (Å²) in [6.45, 7) is 2.63. The minimum atomic E-state index is -1.59. The molecule has 0 atom stereocenters. The minimum absolute atomic E-state index is 0.0282. The van der Waals surface area contributed by atoms with Gasteiger partial charge < -0.3 is 20.1 Å². The molecule has 2 aromatic rings. The van der Waals surface area contributed by atoms with Crippen LogP contribution in [0.5, 0.6) is 11.5 Å². The summed E-state index contributed by atoms with van der Waals surface area (Å²) in [7, 11) is 0. The van der Waals surface area contributed by atoms with Crippen LogP contribution in [0.25, 0.3) is 0 Å². The molecule has 136 valence electrons. The lowest BCUT2D eigenvalue weighted by Crippen LogP contribution is -2.06. The molecule has 0 unspecified atom stereocenters. The molecule has 8 heteroatoms. The summed E-state index contributed by atoms with van der Waals surface area (Å²) >= 11 is 0. The van der Waals surface area contributed by atoms with Crippen LogP contribution in [0, 0.1) is 0 Å². The van der Waals surface area contributed by atoms with Gasteiger partial charge in [-0.25, -0.2) is 0 Å². The lowest BCUT2D eigenvalue weighted by Gasteiger charge is -2.08. The number of benzene rings is 2. The van der Waals surface area contributed by atoms with E-state index in [4.69, 9.17) is 9.47 Å². The molecular weight excluding hydrogens is 346 g/mol. The van der Waals surface area contributed by atoms with Crippen LogP contribution in [-0.2, 0) is 9.59 Å². The van der Waals surface area contributed by atoms with Gasteiger partial charge in [0.2, 0.25) is 11.8 Å². The van der Waals surface area contributed by atoms with Gasteiger partial charge in [-0.3, -0.25) is 9.59 Å². The molecule has 0 bridgehead atoms. The Kier molecular flexibility index (Phi) is 6.26. The van der Waals surface area contributed by atoms with Gasteiger partial charge in [0.15, 0.2) is 0 Å². The van der Waals surface area contributed by atoms with E-state index in [1.807, 2.05) is 0 Å². The fraction of sp³-hybridized carbons (Fsp3) is 0.111. The minimum Gasteiger partial charge on any atom is -0.427 e. The molecule has 0 saturated carbocycles. The summed E-state index contributed by atoms with van der Waals surface area (Å²) in [5.74, 6) is -0.683. The summed E-state index contributed by atoms with van der Waals surface area (Å²) < 4.78 is 37.3. The number of carbonyl (C=O) groups is 2. The number of ether oxygens (including phenoxy) is 2. The van der Waals surface area contributed by atoms with Crippen LogP contribution >= 0.6 is 0 Å². The third-order valence-corrected chi connectivity index (χ3v) is 2.88. The van der Waals surface area contributed by atoms with Crippen LogP contribution in [-0.4, -0.2) is 11.8 Å². The van der Waals surface area contributed by atoms with Crippen molar-refractivity contribution in [1.82, 2.24) is 0 Å². The number of carbonyl (C=O) groups excluding carboxylic acids is 2. The van der Waals surface area contributed by atoms with Crippen molar-refractivity contribution in [1.29, 1.82) is 0 Å². The van der Waals surface area contributed by atoms with Crippen molar-refractivity contribution in [2.75, 3.05) is 10.6 Å². The van der Waals surface area contributed by atoms with Crippen molar-refractivity contribution < 1.29 is 27.8 Å². The van der Waals surface area contributed by atoms with Crippen LogP contribution < -0.4 is 20.1 Å². The van der Waals surface area contributed by atoms with Crippen LogP contribution in [0.15, 0.2) is 60.6 Å². The molecule has 0 fully saturated rings. The van der Waals surface area contributed by atoms with Crippen molar-refractivity contribution in [3.05, 3.63) is 60.6 Å². The topological polar surface area (TPSA) is 76.7 Å². The second kappa shape index (κ2) is 8.61. The highest BCUT2D eigenvalue weighted by Gasteiger charge is 2.13. The molecule has 2 rings (SSSR count). The van der Waals surface area contributed by atoms with Gasteiger partial charge >= 0.3 is 12.0 Å². The van der Waals surface area contributed by atoms with E-state index >= 15 is 0 Å². The Labute approximate surface area is 148 Å². The summed E-state index contributed by atoms with van der Waals surface area (Å²) in [5.41, 5.74) is 0.735. The average molecular weight is 362 g/mol. The SMILES string of the molecule is CC(=O)Nc1cccc(O/C(F)=C(\F)Oc2cccc(NC(C)=O)c2)c1. The lowest BCUT2D eigenvalue weighted by atomic mass is 10.3. The molecule has 0 spiro atoms. The Morgan fingerprint density at radius 1 is 0.769 bits per heavy atom. The van der Waals surface area contributed by atoms with Crippen molar-refractivity contribution in [3.8, 4) is 11.5 Å². The van der Waals surface area contributed by atoms with E-state index in [0.29, 0.717) is 11.4 Å². The van der Waals surface area contributed by atoms with Crippen LogP contribution in [0.4, 0.5) is 20.2 Å². The highest BCUT2D eigenvalue weighted by molar-refractivity contribution is 5.89. The first-order valence-electron chi connectivity index (χ1n) is 7.50. The van der Waals surface area contributed by atoms with Crippen molar-refractivity contribution in [3.63, 3.8) is 0 Å². The maximum absolute atomic E-state index is 13.9. The number of hydrogen-bond donors (Lipinski definition) is 2. The summed E-state index contributed by atoms with van der Waals surface area (Å²) in [6.07, 6.45) is 0. The Balaban J connectivity index is 2.09. The Morgan fingerprint density at radius 2 is 1.15 bits per heavy atom. The van der Waals surface area contributed by atoms with Gasteiger partial charge in [0.1, 0.15) is 11.5 Å². The van der Waals surface area contributed by atoms with E-state index in [1.54, 1.807) is 12.1 Å². The number of halogens is 2. The van der Waals surface area contributed by atoms with E-state index in [9.17, 15) is 18.4 Å². The molecule has 0 aliphatic carbocycles. The van der Waals surface area contributed by atoms with Crippen molar-refractivity contribution >= 4 is 23.2 Å². The number of anilines is 2. The zero-order valence-electron chi connectivity index (χ0n) is 14.0. The highest BCUT2D eigenvalue weighted by atomic mass is 19.2. The van der Waals surface area contributed by atoms with Crippen molar-refractivity contribution in [2.24, 2.45) is 0 Å². The van der Waals surface area contributed by atoms with E-state index in [1.165, 1.54) is 50.2 Å². The molecule has 0 aliphatic rings. The van der Waals surface area contributed by atoms with Gasteiger partial charge in [-0.1, -0.05) is 12.1 Å². The van der Waals surface area contributed by atoms with Crippen molar-refractivity contribution in [2.45, 2.75) is 13.8 Å². The summed E-state index contributed by atoms with van der Waals surface area (Å²) in [4.78, 5) is 22.0. The van der Waals surface area contributed by atoms with Gasteiger partial charge in [-0.2, -0.15) is 8.78 Å². The molecule has 0 heterocycles. The average Bonchev–Trinajstić information content (AvgIpc) is 2.54. The normalized spacial score (nSPS) is 11.2. The molecule has 2 amide bonds. The fourth-order valence-electron chi connectivity index (χ4n) is 1.97. The van der Waals surface area contributed by atoms with Gasteiger partial charge in [-0.05, 0) is 24.3 Å². The standard InChI is InChI=1S/C18H16F2N2O4/c1-11(23)21-13-5-3-7-15(9-13)25-17(19)18(20)26-16-8-4-6-14(10-16)22-12(2)24/h3-10H,1-2H3,(H,21,23)(H,22,24)/b18-17+. The molecule has 0 saturated heterocycles. The van der Waals surface area contributed by atoms with Crippen LogP contribution in [0.3, 0.4) is 0 Å². The van der Waals surface area contributed by atoms with E-state index < -0.39 is 12.0 Å². The number of rotatable bonds is 6. The highest BCUT2D eigenvalue weighted by Crippen LogP contribution is 2.24. The Hall–Kier alpha value is -3.42. The Bertz CT molecular complexity index is 783. The molecule has 2 N–H and O–H groups in total. The second-order valence-corrected chi connectivity index (χ2v) is 5.17. The van der Waals surface area contributed by atoms with E-state index in [-0.39, 0.29) is 23.3 Å². The monoisotopic (exact) mass is 362 g/mol. The molecule has 0 aromatic heterocycles. The predicted octanol–water partition coefficient (Wildman–Crippen LogP) is 4.13. The van der Waals surface area contributed by atoms with Gasteiger partial charge in [0.25, 0.3) is 0 Å². The summed E-state index contributed by atoms with van der Waals surface area (Å²) in [6, 6.07) is 8.38. The van der Waals surface area contributed by atoms with Gasteiger partial charge in [-0.15, -0.1) is 0 Å². The molecule has 0 radical (unpaired) electrons. The zero-order chi connectivity index (χ0) is 19.1. The fourth-order valence-corrected chi connectivity index (χ4v) is 1.97. The van der Waals surface area contributed by atoms with Crippen LogP contribution in [0.2, 0.25) is 0 Å². The van der Waals surface area contributed by atoms with Gasteiger partial charge in [0, 0.05) is 37.4 Å². The molecule has 26 heavy (non-hydrogen) atoms. The maximum atomic E-state index is 13.9. The van der Waals surface area contributed by atoms with E-state index in [0.717, 1.165) is 0 Å². The maximum Gasteiger partial charge on any atom is 0.352 e. The number of amides is 2. The predicted molar refractivity (Wildman–Crippen MR) is 92.0 cm³/mol. The van der Waals surface area contributed by atoms with E-state index in [2.05, 4.69) is 10.6 Å². The second-order valence-electron chi connectivity index (χ2n) is 5.17. The van der Waals surface area contributed by atoms with Gasteiger partial charge in [0.05, 0.1) is 0 Å². The number of hydrogen-bond acceptors (Lipinski definition) is 4. The first kappa shape index (κ1) is 18.9. The molecule has 6 nitrogen and oxygen atoms in total. The molecule has 0 aliphatic heterocycles. The quantitative estimate of drug-likeness (QED) is 0.758.